The van der Waals surface area contributed by atoms with Gasteiger partial charge in [0.05, 0.1) is 11.6 Å². The van der Waals surface area contributed by atoms with Crippen molar-refractivity contribution in [1.82, 2.24) is 0 Å². The van der Waals surface area contributed by atoms with Gasteiger partial charge in [0, 0.05) is 0 Å². The smallest absolute Gasteiger partial charge is 0.293 e. The lowest BCUT2D eigenvalue weighted by Gasteiger charge is -2.06. The van der Waals surface area contributed by atoms with Gasteiger partial charge in [0.25, 0.3) is 6.47 Å². The minimum Gasteiger partial charge on any atom is -0.463 e. The van der Waals surface area contributed by atoms with E-state index >= 15 is 0 Å². The second-order valence-electron chi connectivity index (χ2n) is 3.34. The summed E-state index contributed by atoms with van der Waals surface area (Å²) in [5.74, 6) is 0. The summed E-state index contributed by atoms with van der Waals surface area (Å²) in [5.41, 5.74) is 1.53. The Morgan fingerprint density at radius 2 is 1.94 bits per heavy atom. The van der Waals surface area contributed by atoms with Crippen molar-refractivity contribution in [2.24, 2.45) is 0 Å². The highest BCUT2D eigenvalue weighted by Crippen LogP contribution is 2.22. The molecule has 0 amide bonds. The minimum absolute atomic E-state index is 0.232. The first-order valence-corrected chi connectivity index (χ1v) is 4.83. The predicted octanol–water partition coefficient (Wildman–Crippen LogP) is 2.38. The summed E-state index contributed by atoms with van der Waals surface area (Å²) in [6.45, 7) is 0.655. The molecule has 16 heavy (non-hydrogen) atoms. The molecule has 0 radical (unpaired) electrons. The largest absolute Gasteiger partial charge is 0.463 e. The van der Waals surface area contributed by atoms with Gasteiger partial charge in [0.15, 0.2) is 0 Å². The summed E-state index contributed by atoms with van der Waals surface area (Å²) < 4.78 is 4.74. The van der Waals surface area contributed by atoms with Gasteiger partial charge in [-0.25, -0.2) is 0 Å². The maximum absolute atomic E-state index is 10.2. The molecule has 2 rings (SSSR count). The zero-order chi connectivity index (χ0) is 11.4. The minimum atomic E-state index is 0.232. The van der Waals surface area contributed by atoms with Crippen LogP contribution in [0.1, 0.15) is 11.1 Å². The lowest BCUT2D eigenvalue weighted by molar-refractivity contribution is -0.129. The van der Waals surface area contributed by atoms with Crippen molar-refractivity contribution in [3.8, 4) is 6.07 Å². The molecule has 0 bridgehead atoms. The van der Waals surface area contributed by atoms with Crippen molar-refractivity contribution in [1.29, 1.82) is 5.26 Å². The molecule has 3 heteroatoms. The van der Waals surface area contributed by atoms with E-state index in [2.05, 4.69) is 6.07 Å². The van der Waals surface area contributed by atoms with Crippen LogP contribution in [-0.4, -0.2) is 6.47 Å². The van der Waals surface area contributed by atoms with E-state index in [1.54, 1.807) is 6.07 Å². The summed E-state index contributed by atoms with van der Waals surface area (Å²) in [7, 11) is 0. The van der Waals surface area contributed by atoms with Gasteiger partial charge < -0.3 is 4.74 Å². The third kappa shape index (κ3) is 1.73. The molecule has 78 valence electrons. The molecule has 2 aromatic carbocycles. The number of hydrogen-bond donors (Lipinski definition) is 0. The summed E-state index contributed by atoms with van der Waals surface area (Å²) in [4.78, 5) is 10.2. The molecular weight excluding hydrogens is 202 g/mol. The monoisotopic (exact) mass is 211 g/mol. The summed E-state index contributed by atoms with van der Waals surface area (Å²) in [6, 6.07) is 13.3. The van der Waals surface area contributed by atoms with Crippen LogP contribution in [0, 0.1) is 11.3 Å². The fraction of sp³-hybridized carbons (Fsp3) is 0.0769. The molecule has 0 saturated carbocycles. The number of ether oxygens (including phenoxy) is 1. The standard InChI is InChI=1S/C13H9NO2/c14-7-10-5-6-11(8-16-9-15)13-4-2-1-3-12(10)13/h1-6,9H,8H2. The van der Waals surface area contributed by atoms with E-state index in [0.717, 1.165) is 16.3 Å². The number of carbonyl (C=O) groups is 1. The molecule has 0 aliphatic heterocycles. The Labute approximate surface area is 92.9 Å². The van der Waals surface area contributed by atoms with Crippen molar-refractivity contribution in [3.05, 3.63) is 47.5 Å². The van der Waals surface area contributed by atoms with Crippen LogP contribution in [0.4, 0.5) is 0 Å². The quantitative estimate of drug-likeness (QED) is 0.732. The van der Waals surface area contributed by atoms with Crippen LogP contribution in [-0.2, 0) is 16.1 Å². The first-order valence-electron chi connectivity index (χ1n) is 4.83. The number of rotatable bonds is 3. The number of nitrogens with zero attached hydrogens (tertiary/aromatic N) is 1. The van der Waals surface area contributed by atoms with E-state index in [0.29, 0.717) is 12.0 Å². The molecule has 0 unspecified atom stereocenters. The first kappa shape index (κ1) is 10.2. The topological polar surface area (TPSA) is 50.1 Å². The average Bonchev–Trinajstić information content (AvgIpc) is 2.36. The van der Waals surface area contributed by atoms with Gasteiger partial charge in [-0.15, -0.1) is 0 Å². The van der Waals surface area contributed by atoms with Gasteiger partial charge in [0.1, 0.15) is 6.61 Å². The van der Waals surface area contributed by atoms with Crippen molar-refractivity contribution >= 4 is 17.2 Å². The van der Waals surface area contributed by atoms with E-state index in [1.807, 2.05) is 30.3 Å². The van der Waals surface area contributed by atoms with E-state index in [-0.39, 0.29) is 6.61 Å². The van der Waals surface area contributed by atoms with Crippen LogP contribution in [0.15, 0.2) is 36.4 Å². The van der Waals surface area contributed by atoms with Gasteiger partial charge in [-0.3, -0.25) is 4.79 Å². The number of carbonyl (C=O) groups excluding carboxylic acids is 1. The second kappa shape index (κ2) is 4.45. The predicted molar refractivity (Wildman–Crippen MR) is 59.5 cm³/mol. The van der Waals surface area contributed by atoms with E-state index in [9.17, 15) is 4.79 Å². The van der Waals surface area contributed by atoms with Crippen molar-refractivity contribution in [2.75, 3.05) is 0 Å². The molecule has 0 saturated heterocycles. The Bertz CT molecular complexity index is 570. The van der Waals surface area contributed by atoms with Crippen LogP contribution in [0.3, 0.4) is 0 Å². The Balaban J connectivity index is 2.61. The van der Waals surface area contributed by atoms with Crippen LogP contribution >= 0.6 is 0 Å². The molecule has 0 heterocycles. The number of hydrogen-bond acceptors (Lipinski definition) is 3. The average molecular weight is 211 g/mol. The van der Waals surface area contributed by atoms with Crippen LogP contribution in [0.2, 0.25) is 0 Å². The van der Waals surface area contributed by atoms with Gasteiger partial charge in [-0.1, -0.05) is 30.3 Å². The summed E-state index contributed by atoms with van der Waals surface area (Å²) in [5, 5.41) is 10.8. The van der Waals surface area contributed by atoms with Crippen molar-refractivity contribution in [2.45, 2.75) is 6.61 Å². The fourth-order valence-corrected chi connectivity index (χ4v) is 1.71. The molecule has 2 aromatic rings. The molecule has 0 aliphatic carbocycles. The Kier molecular flexibility index (Phi) is 2.84. The van der Waals surface area contributed by atoms with Gasteiger partial charge in [-0.05, 0) is 22.4 Å². The SMILES string of the molecule is N#Cc1ccc(COC=O)c2ccccc12. The number of nitriles is 1. The molecular formula is C13H9NO2. The maximum atomic E-state index is 10.2. The first-order chi connectivity index (χ1) is 7.86. The third-order valence-electron chi connectivity index (χ3n) is 2.44. The summed E-state index contributed by atoms with van der Waals surface area (Å²) >= 11 is 0. The highest BCUT2D eigenvalue weighted by molar-refractivity contribution is 5.90. The molecule has 3 nitrogen and oxygen atoms in total. The molecule has 0 aromatic heterocycles. The van der Waals surface area contributed by atoms with Crippen LogP contribution < -0.4 is 0 Å². The number of fused-ring (bicyclic) bond motifs is 1. The molecule has 0 fully saturated rings. The van der Waals surface area contributed by atoms with Crippen molar-refractivity contribution in [3.63, 3.8) is 0 Å². The van der Waals surface area contributed by atoms with E-state index in [1.165, 1.54) is 0 Å². The molecule has 0 spiro atoms. The van der Waals surface area contributed by atoms with Crippen LogP contribution in [0.25, 0.3) is 10.8 Å². The van der Waals surface area contributed by atoms with Crippen molar-refractivity contribution < 1.29 is 9.53 Å². The Morgan fingerprint density at radius 3 is 2.62 bits per heavy atom. The molecule has 0 atom stereocenters. The third-order valence-corrected chi connectivity index (χ3v) is 2.44. The zero-order valence-electron chi connectivity index (χ0n) is 8.51. The second-order valence-corrected chi connectivity index (χ2v) is 3.34. The molecule has 0 N–H and O–H groups in total. The Morgan fingerprint density at radius 1 is 1.19 bits per heavy atom. The molecule has 0 aliphatic rings. The van der Waals surface area contributed by atoms with Gasteiger partial charge in [-0.2, -0.15) is 5.26 Å². The van der Waals surface area contributed by atoms with Crippen LogP contribution in [0.5, 0.6) is 0 Å². The van der Waals surface area contributed by atoms with E-state index < -0.39 is 0 Å². The van der Waals surface area contributed by atoms with Gasteiger partial charge >= 0.3 is 0 Å². The highest BCUT2D eigenvalue weighted by Gasteiger charge is 2.04. The lowest BCUT2D eigenvalue weighted by atomic mass is 10.0. The zero-order valence-corrected chi connectivity index (χ0v) is 8.51. The highest BCUT2D eigenvalue weighted by atomic mass is 16.5. The normalized spacial score (nSPS) is 9.69. The maximum Gasteiger partial charge on any atom is 0.293 e. The van der Waals surface area contributed by atoms with Gasteiger partial charge in [0.2, 0.25) is 0 Å². The number of benzene rings is 2. The Hall–Kier alpha value is -2.34. The van der Waals surface area contributed by atoms with E-state index in [4.69, 9.17) is 10.00 Å². The fourth-order valence-electron chi connectivity index (χ4n) is 1.71. The summed E-state index contributed by atoms with van der Waals surface area (Å²) in [6.07, 6.45) is 0. The lowest BCUT2D eigenvalue weighted by Crippen LogP contribution is -1.92.